The summed E-state index contributed by atoms with van der Waals surface area (Å²) in [4.78, 5) is 21.0. The van der Waals surface area contributed by atoms with E-state index in [-0.39, 0.29) is 22.2 Å². The van der Waals surface area contributed by atoms with E-state index in [0.29, 0.717) is 5.76 Å². The van der Waals surface area contributed by atoms with Gasteiger partial charge >= 0.3 is 11.7 Å². The summed E-state index contributed by atoms with van der Waals surface area (Å²) in [5, 5.41) is 19.9. The predicted octanol–water partition coefficient (Wildman–Crippen LogP) is 2.35. The molecule has 0 aliphatic carbocycles. The third kappa shape index (κ3) is 1.40. The molecular formula is C10H7NO5. The largest absolute Gasteiger partial charge is 0.478 e. The number of hydrogen-bond acceptors (Lipinski definition) is 4. The van der Waals surface area contributed by atoms with Gasteiger partial charge in [0.2, 0.25) is 5.58 Å². The molecule has 1 aromatic heterocycles. The fourth-order valence-corrected chi connectivity index (χ4v) is 1.56. The van der Waals surface area contributed by atoms with Crippen LogP contribution >= 0.6 is 0 Å². The van der Waals surface area contributed by atoms with Crippen molar-refractivity contribution in [1.29, 1.82) is 0 Å². The molecule has 0 spiro atoms. The highest BCUT2D eigenvalue weighted by Gasteiger charge is 2.21. The molecule has 6 nitrogen and oxygen atoms in total. The number of nitrogens with zero attached hydrogens (tertiary/aromatic N) is 1. The molecule has 0 unspecified atom stereocenters. The predicted molar refractivity (Wildman–Crippen MR) is 54.6 cm³/mol. The fraction of sp³-hybridized carbons (Fsp3) is 0.100. The van der Waals surface area contributed by atoms with E-state index in [4.69, 9.17) is 9.52 Å². The Kier molecular flexibility index (Phi) is 2.12. The summed E-state index contributed by atoms with van der Waals surface area (Å²) < 4.78 is 5.15. The number of aryl methyl sites for hydroxylation is 1. The van der Waals surface area contributed by atoms with Gasteiger partial charge in [-0.1, -0.05) is 0 Å². The molecule has 82 valence electrons. The van der Waals surface area contributed by atoms with Crippen LogP contribution in [0, 0.1) is 17.0 Å². The SMILES string of the molecule is Cc1cc2c(C(=O)O)ccc([N+](=O)[O-])c2o1. The van der Waals surface area contributed by atoms with Gasteiger partial charge in [-0.05, 0) is 19.1 Å². The van der Waals surface area contributed by atoms with Crippen LogP contribution in [-0.2, 0) is 0 Å². The van der Waals surface area contributed by atoms with Crippen molar-refractivity contribution in [1.82, 2.24) is 0 Å². The highest BCUT2D eigenvalue weighted by molar-refractivity contribution is 6.04. The van der Waals surface area contributed by atoms with Gasteiger partial charge in [0.05, 0.1) is 10.5 Å². The van der Waals surface area contributed by atoms with E-state index in [1.165, 1.54) is 12.1 Å². The van der Waals surface area contributed by atoms with Crippen LogP contribution < -0.4 is 0 Å². The highest BCUT2D eigenvalue weighted by Crippen LogP contribution is 2.31. The number of fused-ring (bicyclic) bond motifs is 1. The molecule has 1 aromatic carbocycles. The minimum absolute atomic E-state index is 0.00222. The van der Waals surface area contributed by atoms with Crippen molar-refractivity contribution in [3.63, 3.8) is 0 Å². The van der Waals surface area contributed by atoms with Gasteiger partial charge in [-0.2, -0.15) is 0 Å². The Bertz CT molecular complexity index is 548. The highest BCUT2D eigenvalue weighted by atomic mass is 16.6. The third-order valence-electron chi connectivity index (χ3n) is 2.21. The number of carboxylic acids is 1. The monoisotopic (exact) mass is 221 g/mol. The second-order valence-electron chi connectivity index (χ2n) is 3.29. The Labute approximate surface area is 89.2 Å². The second kappa shape index (κ2) is 3.34. The van der Waals surface area contributed by atoms with Gasteiger partial charge in [0.15, 0.2) is 0 Å². The number of hydrogen-bond donors (Lipinski definition) is 1. The Balaban J connectivity index is 2.86. The smallest absolute Gasteiger partial charge is 0.336 e. The zero-order valence-electron chi connectivity index (χ0n) is 8.26. The lowest BCUT2D eigenvalue weighted by Crippen LogP contribution is -1.98. The molecule has 2 aromatic rings. The molecule has 0 bridgehead atoms. The molecule has 0 saturated heterocycles. The molecule has 0 aliphatic rings. The number of nitro benzene ring substituents is 1. The van der Waals surface area contributed by atoms with Crippen LogP contribution in [0.25, 0.3) is 11.0 Å². The van der Waals surface area contributed by atoms with Crippen LogP contribution in [0.2, 0.25) is 0 Å². The molecule has 2 rings (SSSR count). The molecule has 0 fully saturated rings. The second-order valence-corrected chi connectivity index (χ2v) is 3.29. The van der Waals surface area contributed by atoms with Crippen molar-refractivity contribution >= 4 is 22.6 Å². The number of carboxylic acid groups (broad SMARTS) is 1. The van der Waals surface area contributed by atoms with Crippen LogP contribution in [0.15, 0.2) is 22.6 Å². The van der Waals surface area contributed by atoms with Crippen molar-refractivity contribution in [2.24, 2.45) is 0 Å². The zero-order chi connectivity index (χ0) is 11.9. The lowest BCUT2D eigenvalue weighted by molar-refractivity contribution is -0.383. The summed E-state index contributed by atoms with van der Waals surface area (Å²) in [7, 11) is 0. The first-order valence-corrected chi connectivity index (χ1v) is 4.41. The number of nitro groups is 1. The van der Waals surface area contributed by atoms with E-state index in [1.807, 2.05) is 0 Å². The van der Waals surface area contributed by atoms with Gasteiger partial charge in [-0.25, -0.2) is 4.79 Å². The summed E-state index contributed by atoms with van der Waals surface area (Å²) >= 11 is 0. The molecular weight excluding hydrogens is 214 g/mol. The molecule has 0 aliphatic heterocycles. The maximum absolute atomic E-state index is 10.9. The van der Waals surface area contributed by atoms with Crippen molar-refractivity contribution in [3.8, 4) is 0 Å². The third-order valence-corrected chi connectivity index (χ3v) is 2.21. The van der Waals surface area contributed by atoms with Gasteiger partial charge in [0.1, 0.15) is 5.76 Å². The van der Waals surface area contributed by atoms with Crippen molar-refractivity contribution in [3.05, 3.63) is 39.6 Å². The number of aromatic carboxylic acids is 1. The fourth-order valence-electron chi connectivity index (χ4n) is 1.56. The first kappa shape index (κ1) is 10.2. The number of furan rings is 1. The van der Waals surface area contributed by atoms with Gasteiger partial charge in [0.25, 0.3) is 0 Å². The molecule has 0 atom stereocenters. The molecule has 0 radical (unpaired) electrons. The van der Waals surface area contributed by atoms with E-state index < -0.39 is 10.9 Å². The van der Waals surface area contributed by atoms with Gasteiger partial charge in [0, 0.05) is 11.5 Å². The standard InChI is InChI=1S/C10H7NO5/c1-5-4-7-6(10(12)13)2-3-8(11(14)15)9(7)16-5/h2-4H,1H3,(H,12,13). The summed E-state index contributed by atoms with van der Waals surface area (Å²) in [5.74, 6) is -0.701. The minimum atomic E-state index is -1.14. The van der Waals surface area contributed by atoms with Crippen molar-refractivity contribution < 1.29 is 19.2 Å². The van der Waals surface area contributed by atoms with Crippen LogP contribution in [0.5, 0.6) is 0 Å². The number of non-ortho nitro benzene ring substituents is 1. The number of rotatable bonds is 2. The summed E-state index contributed by atoms with van der Waals surface area (Å²) in [6.45, 7) is 1.61. The molecule has 1 N–H and O–H groups in total. The van der Waals surface area contributed by atoms with Crippen LogP contribution in [0.1, 0.15) is 16.1 Å². The summed E-state index contributed by atoms with van der Waals surface area (Å²) in [6.07, 6.45) is 0. The van der Waals surface area contributed by atoms with E-state index >= 15 is 0 Å². The van der Waals surface area contributed by atoms with E-state index in [9.17, 15) is 14.9 Å². The molecule has 6 heteroatoms. The van der Waals surface area contributed by atoms with E-state index in [2.05, 4.69) is 0 Å². The van der Waals surface area contributed by atoms with Crippen molar-refractivity contribution in [2.45, 2.75) is 6.92 Å². The lowest BCUT2D eigenvalue weighted by Gasteiger charge is -1.96. The van der Waals surface area contributed by atoms with Crippen LogP contribution in [-0.4, -0.2) is 16.0 Å². The normalized spacial score (nSPS) is 10.6. The number of carbonyl (C=O) groups is 1. The summed E-state index contributed by atoms with van der Waals surface area (Å²) in [5.41, 5.74) is -0.229. The van der Waals surface area contributed by atoms with Gasteiger partial charge < -0.3 is 9.52 Å². The van der Waals surface area contributed by atoms with E-state index in [1.54, 1.807) is 6.92 Å². The van der Waals surface area contributed by atoms with Gasteiger partial charge in [-0.15, -0.1) is 0 Å². The average Bonchev–Trinajstić information content (AvgIpc) is 2.56. The Morgan fingerprint density at radius 2 is 2.19 bits per heavy atom. The first-order valence-electron chi connectivity index (χ1n) is 4.41. The van der Waals surface area contributed by atoms with Crippen LogP contribution in [0.3, 0.4) is 0 Å². The topological polar surface area (TPSA) is 93.6 Å². The molecule has 1 heterocycles. The Hall–Kier alpha value is -2.37. The molecule has 0 amide bonds. The lowest BCUT2D eigenvalue weighted by atomic mass is 10.1. The average molecular weight is 221 g/mol. The summed E-state index contributed by atoms with van der Waals surface area (Å²) in [6, 6.07) is 3.82. The zero-order valence-corrected chi connectivity index (χ0v) is 8.26. The first-order chi connectivity index (χ1) is 7.50. The van der Waals surface area contributed by atoms with Gasteiger partial charge in [-0.3, -0.25) is 10.1 Å². The van der Waals surface area contributed by atoms with Crippen LogP contribution in [0.4, 0.5) is 5.69 Å². The molecule has 16 heavy (non-hydrogen) atoms. The van der Waals surface area contributed by atoms with Crippen molar-refractivity contribution in [2.75, 3.05) is 0 Å². The van der Waals surface area contributed by atoms with E-state index in [0.717, 1.165) is 6.07 Å². The minimum Gasteiger partial charge on any atom is -0.478 e. The number of benzene rings is 1. The maximum Gasteiger partial charge on any atom is 0.336 e. The quantitative estimate of drug-likeness (QED) is 0.620. The Morgan fingerprint density at radius 1 is 1.50 bits per heavy atom. The molecule has 0 saturated carbocycles. The Morgan fingerprint density at radius 3 is 2.75 bits per heavy atom. The maximum atomic E-state index is 10.9.